The second kappa shape index (κ2) is 3.56. The molecule has 1 unspecified atom stereocenters. The monoisotopic (exact) mass is 144 g/mol. The van der Waals surface area contributed by atoms with Crippen molar-refractivity contribution in [3.8, 4) is 0 Å². The van der Waals surface area contributed by atoms with Gasteiger partial charge in [0.15, 0.2) is 0 Å². The molecule has 0 aromatic carbocycles. The van der Waals surface area contributed by atoms with E-state index in [2.05, 4.69) is 0 Å². The molecule has 3 heteroatoms. The van der Waals surface area contributed by atoms with Gasteiger partial charge in [0.2, 0.25) is 0 Å². The van der Waals surface area contributed by atoms with Gasteiger partial charge in [-0.25, -0.2) is 0 Å². The van der Waals surface area contributed by atoms with Crippen LogP contribution < -0.4 is 0 Å². The number of hydrogen-bond acceptors (Lipinski definition) is 3. The highest BCUT2D eigenvalue weighted by Gasteiger charge is 2.15. The van der Waals surface area contributed by atoms with Crippen LogP contribution in [0.2, 0.25) is 0 Å². The Morgan fingerprint density at radius 3 is 3.10 bits per heavy atom. The van der Waals surface area contributed by atoms with Gasteiger partial charge >= 0.3 is 5.97 Å². The van der Waals surface area contributed by atoms with Crippen LogP contribution in [0, 0.1) is 0 Å². The summed E-state index contributed by atoms with van der Waals surface area (Å²) < 4.78 is 9.90. The predicted molar refractivity (Wildman–Crippen MR) is 35.6 cm³/mol. The van der Waals surface area contributed by atoms with Crippen LogP contribution in [-0.2, 0) is 14.3 Å². The molecule has 10 heavy (non-hydrogen) atoms. The molecule has 0 radical (unpaired) electrons. The summed E-state index contributed by atoms with van der Waals surface area (Å²) >= 11 is 0. The third-order valence-electron chi connectivity index (χ3n) is 1.71. The van der Waals surface area contributed by atoms with Gasteiger partial charge in [0, 0.05) is 20.0 Å². The third-order valence-corrected chi connectivity index (χ3v) is 1.71. The second-order valence-electron chi connectivity index (χ2n) is 2.41. The first kappa shape index (κ1) is 7.54. The molecule has 0 aliphatic carbocycles. The molecule has 1 aliphatic rings. The van der Waals surface area contributed by atoms with Crippen molar-refractivity contribution >= 4 is 5.97 Å². The van der Waals surface area contributed by atoms with Crippen molar-refractivity contribution in [2.45, 2.75) is 25.4 Å². The molecule has 0 N–H and O–H groups in total. The number of hydrogen-bond donors (Lipinski definition) is 0. The first-order chi connectivity index (χ1) is 4.83. The van der Waals surface area contributed by atoms with E-state index in [0.29, 0.717) is 13.0 Å². The van der Waals surface area contributed by atoms with Crippen LogP contribution in [0.25, 0.3) is 0 Å². The van der Waals surface area contributed by atoms with E-state index < -0.39 is 0 Å². The van der Waals surface area contributed by atoms with Crippen molar-refractivity contribution < 1.29 is 14.3 Å². The highest BCUT2D eigenvalue weighted by Crippen LogP contribution is 2.11. The van der Waals surface area contributed by atoms with Crippen molar-refractivity contribution in [1.82, 2.24) is 0 Å². The van der Waals surface area contributed by atoms with Crippen molar-refractivity contribution in [2.75, 3.05) is 13.7 Å². The number of rotatable bonds is 1. The van der Waals surface area contributed by atoms with Gasteiger partial charge in [-0.05, 0) is 6.42 Å². The van der Waals surface area contributed by atoms with Gasteiger partial charge in [0.05, 0.1) is 12.7 Å². The topological polar surface area (TPSA) is 35.5 Å². The molecular weight excluding hydrogens is 132 g/mol. The van der Waals surface area contributed by atoms with Gasteiger partial charge < -0.3 is 9.47 Å². The summed E-state index contributed by atoms with van der Waals surface area (Å²) in [5, 5.41) is 0. The average molecular weight is 144 g/mol. The molecule has 0 bridgehead atoms. The number of carbonyl (C=O) groups excluding carboxylic acids is 1. The fraction of sp³-hybridized carbons (Fsp3) is 0.857. The molecule has 1 saturated heterocycles. The Hall–Kier alpha value is -0.570. The standard InChI is InChI=1S/C7H12O3/c1-9-6-2-3-7(8)10-5-4-6/h6H,2-5H2,1H3. The van der Waals surface area contributed by atoms with E-state index in [9.17, 15) is 4.79 Å². The predicted octanol–water partition coefficient (Wildman–Crippen LogP) is 0.728. The summed E-state index contributed by atoms with van der Waals surface area (Å²) in [4.78, 5) is 10.7. The van der Waals surface area contributed by atoms with E-state index in [-0.39, 0.29) is 12.1 Å². The lowest BCUT2D eigenvalue weighted by Gasteiger charge is -2.08. The lowest BCUT2D eigenvalue weighted by Crippen LogP contribution is -2.09. The van der Waals surface area contributed by atoms with Crippen LogP contribution in [0.3, 0.4) is 0 Å². The van der Waals surface area contributed by atoms with Crippen molar-refractivity contribution in [2.24, 2.45) is 0 Å². The van der Waals surface area contributed by atoms with Crippen LogP contribution in [0.4, 0.5) is 0 Å². The molecular formula is C7H12O3. The zero-order chi connectivity index (χ0) is 7.40. The fourth-order valence-corrected chi connectivity index (χ4v) is 1.04. The van der Waals surface area contributed by atoms with Gasteiger partial charge in [0.25, 0.3) is 0 Å². The Bertz CT molecular complexity index is 122. The molecule has 0 aromatic heterocycles. The molecule has 58 valence electrons. The SMILES string of the molecule is COC1CCOC(=O)CC1. The molecule has 1 fully saturated rings. The second-order valence-corrected chi connectivity index (χ2v) is 2.41. The molecule has 0 spiro atoms. The maximum atomic E-state index is 10.7. The number of methoxy groups -OCH3 is 1. The Morgan fingerprint density at radius 2 is 2.40 bits per heavy atom. The van der Waals surface area contributed by atoms with E-state index in [1.54, 1.807) is 7.11 Å². The maximum absolute atomic E-state index is 10.7. The third kappa shape index (κ3) is 1.99. The summed E-state index contributed by atoms with van der Waals surface area (Å²) in [7, 11) is 1.67. The summed E-state index contributed by atoms with van der Waals surface area (Å²) in [5.41, 5.74) is 0. The normalized spacial score (nSPS) is 27.3. The molecule has 1 heterocycles. The number of esters is 1. The number of ether oxygens (including phenoxy) is 2. The van der Waals surface area contributed by atoms with E-state index in [1.807, 2.05) is 0 Å². The van der Waals surface area contributed by atoms with Crippen molar-refractivity contribution in [1.29, 1.82) is 0 Å². The highest BCUT2D eigenvalue weighted by atomic mass is 16.5. The lowest BCUT2D eigenvalue weighted by atomic mass is 10.2. The van der Waals surface area contributed by atoms with Crippen LogP contribution in [0.15, 0.2) is 0 Å². The van der Waals surface area contributed by atoms with Gasteiger partial charge in [-0.2, -0.15) is 0 Å². The van der Waals surface area contributed by atoms with Gasteiger partial charge in [-0.1, -0.05) is 0 Å². The van der Waals surface area contributed by atoms with E-state index in [0.717, 1.165) is 12.8 Å². The largest absolute Gasteiger partial charge is 0.466 e. The first-order valence-electron chi connectivity index (χ1n) is 3.51. The van der Waals surface area contributed by atoms with Crippen LogP contribution in [-0.4, -0.2) is 25.8 Å². The maximum Gasteiger partial charge on any atom is 0.305 e. The summed E-state index contributed by atoms with van der Waals surface area (Å²) in [6.45, 7) is 0.511. The number of carbonyl (C=O) groups is 1. The smallest absolute Gasteiger partial charge is 0.305 e. The van der Waals surface area contributed by atoms with E-state index >= 15 is 0 Å². The fourth-order valence-electron chi connectivity index (χ4n) is 1.04. The molecule has 1 atom stereocenters. The average Bonchev–Trinajstić information content (AvgIpc) is 2.14. The molecule has 1 rings (SSSR count). The summed E-state index contributed by atoms with van der Waals surface area (Å²) in [6, 6.07) is 0. The van der Waals surface area contributed by atoms with Crippen LogP contribution in [0.1, 0.15) is 19.3 Å². The van der Waals surface area contributed by atoms with Crippen LogP contribution >= 0.6 is 0 Å². The van der Waals surface area contributed by atoms with Crippen LogP contribution in [0.5, 0.6) is 0 Å². The zero-order valence-corrected chi connectivity index (χ0v) is 6.13. The summed E-state index contributed by atoms with van der Waals surface area (Å²) in [6.07, 6.45) is 2.35. The highest BCUT2D eigenvalue weighted by molar-refractivity contribution is 5.69. The van der Waals surface area contributed by atoms with E-state index in [4.69, 9.17) is 9.47 Å². The number of cyclic esters (lactones) is 1. The zero-order valence-electron chi connectivity index (χ0n) is 6.13. The van der Waals surface area contributed by atoms with Gasteiger partial charge in [-0.3, -0.25) is 4.79 Å². The van der Waals surface area contributed by atoms with Gasteiger partial charge in [0.1, 0.15) is 0 Å². The van der Waals surface area contributed by atoms with Gasteiger partial charge in [-0.15, -0.1) is 0 Å². The summed E-state index contributed by atoms with van der Waals surface area (Å²) in [5.74, 6) is -0.0976. The minimum atomic E-state index is -0.0976. The van der Waals surface area contributed by atoms with E-state index in [1.165, 1.54) is 0 Å². The lowest BCUT2D eigenvalue weighted by molar-refractivity contribution is -0.142. The minimum Gasteiger partial charge on any atom is -0.466 e. The minimum absolute atomic E-state index is 0.0976. The Morgan fingerprint density at radius 1 is 1.60 bits per heavy atom. The molecule has 0 amide bonds. The Labute approximate surface area is 60.3 Å². The Kier molecular flexibility index (Phi) is 2.68. The first-order valence-corrected chi connectivity index (χ1v) is 3.51. The van der Waals surface area contributed by atoms with Crippen molar-refractivity contribution in [3.05, 3.63) is 0 Å². The molecule has 1 aliphatic heterocycles. The van der Waals surface area contributed by atoms with Crippen molar-refractivity contribution in [3.63, 3.8) is 0 Å². The molecule has 3 nitrogen and oxygen atoms in total. The quantitative estimate of drug-likeness (QED) is 0.509. The molecule has 0 saturated carbocycles. The molecule has 0 aromatic rings. The Balaban J connectivity index is 2.33.